The van der Waals surface area contributed by atoms with Crippen molar-refractivity contribution < 1.29 is 9.90 Å². The van der Waals surface area contributed by atoms with Crippen LogP contribution < -0.4 is 5.32 Å². The van der Waals surface area contributed by atoms with Crippen molar-refractivity contribution in [2.45, 2.75) is 12.8 Å². The van der Waals surface area contributed by atoms with Gasteiger partial charge in [-0.3, -0.25) is 4.79 Å². The quantitative estimate of drug-likeness (QED) is 0.822. The molecule has 0 spiro atoms. The molecule has 1 atom stereocenters. The Hall–Kier alpha value is -1.55. The molecule has 2 aliphatic heterocycles. The fourth-order valence-corrected chi connectivity index (χ4v) is 2.77. The fourth-order valence-electron chi connectivity index (χ4n) is 2.77. The molecule has 1 saturated heterocycles. The van der Waals surface area contributed by atoms with E-state index in [1.807, 2.05) is 23.1 Å². The van der Waals surface area contributed by atoms with E-state index in [-0.39, 0.29) is 18.4 Å². The number of hydrogen-bond acceptors (Lipinski definition) is 3. The third-order valence-corrected chi connectivity index (χ3v) is 3.90. The average Bonchev–Trinajstić information content (AvgIpc) is 3.05. The second kappa shape index (κ2) is 4.61. The highest BCUT2D eigenvalue weighted by atomic mass is 16.3. The first-order valence-electron chi connectivity index (χ1n) is 6.55. The molecule has 1 aromatic rings. The van der Waals surface area contributed by atoms with Crippen LogP contribution in [-0.4, -0.2) is 42.2 Å². The lowest BCUT2D eigenvalue weighted by molar-refractivity contribution is 0.0782. The molecule has 2 aliphatic rings. The van der Waals surface area contributed by atoms with Crippen molar-refractivity contribution >= 4 is 11.6 Å². The Morgan fingerprint density at radius 2 is 2.39 bits per heavy atom. The van der Waals surface area contributed by atoms with Gasteiger partial charge >= 0.3 is 0 Å². The second-order valence-electron chi connectivity index (χ2n) is 5.14. The number of nitrogens with one attached hydrogen (secondary N) is 1. The Morgan fingerprint density at radius 1 is 1.50 bits per heavy atom. The van der Waals surface area contributed by atoms with Gasteiger partial charge in [0.05, 0.1) is 0 Å². The molecule has 18 heavy (non-hydrogen) atoms. The summed E-state index contributed by atoms with van der Waals surface area (Å²) in [6.07, 6.45) is 1.95. The zero-order valence-corrected chi connectivity index (χ0v) is 10.4. The molecule has 4 nitrogen and oxygen atoms in total. The number of benzene rings is 1. The lowest BCUT2D eigenvalue weighted by atomic mass is 10.1. The van der Waals surface area contributed by atoms with Crippen molar-refractivity contribution in [3.05, 3.63) is 29.3 Å². The van der Waals surface area contributed by atoms with Crippen molar-refractivity contribution in [1.82, 2.24) is 4.90 Å². The maximum atomic E-state index is 12.3. The summed E-state index contributed by atoms with van der Waals surface area (Å²) in [7, 11) is 0. The van der Waals surface area contributed by atoms with E-state index >= 15 is 0 Å². The number of carbonyl (C=O) groups is 1. The van der Waals surface area contributed by atoms with Crippen LogP contribution in [0.4, 0.5) is 5.69 Å². The molecule has 1 unspecified atom stereocenters. The number of anilines is 1. The highest BCUT2D eigenvalue weighted by Gasteiger charge is 2.26. The van der Waals surface area contributed by atoms with Crippen LogP contribution in [0.3, 0.4) is 0 Å². The molecule has 0 aliphatic carbocycles. The van der Waals surface area contributed by atoms with Gasteiger partial charge in [-0.15, -0.1) is 0 Å². The number of amides is 1. The first kappa shape index (κ1) is 11.5. The zero-order valence-electron chi connectivity index (χ0n) is 10.4. The maximum absolute atomic E-state index is 12.3. The Balaban J connectivity index is 1.77. The summed E-state index contributed by atoms with van der Waals surface area (Å²) < 4.78 is 0. The Bertz CT molecular complexity index is 473. The molecule has 1 amide bonds. The third-order valence-electron chi connectivity index (χ3n) is 3.90. The number of likely N-dealkylation sites (tertiary alicyclic amines) is 1. The van der Waals surface area contributed by atoms with Gasteiger partial charge in [0.2, 0.25) is 0 Å². The van der Waals surface area contributed by atoms with E-state index in [0.717, 1.165) is 37.2 Å². The number of fused-ring (bicyclic) bond motifs is 1. The van der Waals surface area contributed by atoms with Crippen LogP contribution in [0.15, 0.2) is 18.2 Å². The number of carbonyl (C=O) groups excluding carboxylic acids is 1. The van der Waals surface area contributed by atoms with E-state index in [2.05, 4.69) is 5.32 Å². The molecule has 0 aromatic heterocycles. The van der Waals surface area contributed by atoms with Gasteiger partial charge in [0.15, 0.2) is 0 Å². The van der Waals surface area contributed by atoms with Gasteiger partial charge in [0.25, 0.3) is 5.91 Å². The second-order valence-corrected chi connectivity index (χ2v) is 5.14. The van der Waals surface area contributed by atoms with Gasteiger partial charge in [0.1, 0.15) is 0 Å². The first-order valence-corrected chi connectivity index (χ1v) is 6.55. The van der Waals surface area contributed by atoms with E-state index in [4.69, 9.17) is 5.11 Å². The topological polar surface area (TPSA) is 52.6 Å². The van der Waals surface area contributed by atoms with Crippen LogP contribution >= 0.6 is 0 Å². The minimum atomic E-state index is 0.0856. The summed E-state index contributed by atoms with van der Waals surface area (Å²) in [4.78, 5) is 14.2. The van der Waals surface area contributed by atoms with E-state index in [9.17, 15) is 4.79 Å². The maximum Gasteiger partial charge on any atom is 0.253 e. The SMILES string of the molecule is O=C(c1ccc2c(c1)NCC2)N1CCC(CO)C1. The van der Waals surface area contributed by atoms with Gasteiger partial charge in [-0.2, -0.15) is 0 Å². The monoisotopic (exact) mass is 246 g/mol. The predicted molar refractivity (Wildman–Crippen MR) is 69.7 cm³/mol. The summed E-state index contributed by atoms with van der Waals surface area (Å²) in [6, 6.07) is 5.92. The van der Waals surface area contributed by atoms with Crippen LogP contribution in [0.25, 0.3) is 0 Å². The molecule has 2 N–H and O–H groups in total. The van der Waals surface area contributed by atoms with Crippen molar-refractivity contribution in [2.24, 2.45) is 5.92 Å². The van der Waals surface area contributed by atoms with Crippen LogP contribution in [0.1, 0.15) is 22.3 Å². The normalized spacial score (nSPS) is 21.8. The van der Waals surface area contributed by atoms with Crippen molar-refractivity contribution in [2.75, 3.05) is 31.6 Å². The molecule has 4 heteroatoms. The summed E-state index contributed by atoms with van der Waals surface area (Å²) in [6.45, 7) is 2.58. The summed E-state index contributed by atoms with van der Waals surface area (Å²) >= 11 is 0. The fraction of sp³-hybridized carbons (Fsp3) is 0.500. The molecule has 96 valence electrons. The summed E-state index contributed by atoms with van der Waals surface area (Å²) in [5, 5.41) is 12.4. The predicted octanol–water partition coefficient (Wildman–Crippen LogP) is 1.11. The van der Waals surface area contributed by atoms with Gasteiger partial charge < -0.3 is 15.3 Å². The van der Waals surface area contributed by atoms with E-state index in [0.29, 0.717) is 6.54 Å². The third kappa shape index (κ3) is 1.97. The van der Waals surface area contributed by atoms with E-state index in [1.54, 1.807) is 0 Å². The molecule has 0 bridgehead atoms. The van der Waals surface area contributed by atoms with E-state index < -0.39 is 0 Å². The van der Waals surface area contributed by atoms with Crippen LogP contribution in [-0.2, 0) is 6.42 Å². The van der Waals surface area contributed by atoms with Crippen LogP contribution in [0.2, 0.25) is 0 Å². The molecule has 0 radical (unpaired) electrons. The molecular formula is C14H18N2O2. The number of rotatable bonds is 2. The van der Waals surface area contributed by atoms with Crippen molar-refractivity contribution in [3.8, 4) is 0 Å². The standard InChI is InChI=1S/C14H18N2O2/c17-9-10-4-6-16(8-10)14(18)12-2-1-11-3-5-15-13(11)7-12/h1-2,7,10,15,17H,3-6,8-9H2. The Kier molecular flexibility index (Phi) is 2.96. The van der Waals surface area contributed by atoms with E-state index in [1.165, 1.54) is 5.56 Å². The minimum Gasteiger partial charge on any atom is -0.396 e. The van der Waals surface area contributed by atoms with Crippen molar-refractivity contribution in [1.29, 1.82) is 0 Å². The molecular weight excluding hydrogens is 228 g/mol. The summed E-state index contributed by atoms with van der Waals surface area (Å²) in [5.74, 6) is 0.337. The lowest BCUT2D eigenvalue weighted by Gasteiger charge is -2.16. The molecule has 1 fully saturated rings. The molecule has 2 heterocycles. The molecule has 1 aromatic carbocycles. The highest BCUT2D eigenvalue weighted by Crippen LogP contribution is 2.25. The number of aliphatic hydroxyl groups is 1. The highest BCUT2D eigenvalue weighted by molar-refractivity contribution is 5.95. The van der Waals surface area contributed by atoms with Crippen molar-refractivity contribution in [3.63, 3.8) is 0 Å². The molecule has 0 saturated carbocycles. The van der Waals surface area contributed by atoms with Crippen LogP contribution in [0, 0.1) is 5.92 Å². The van der Waals surface area contributed by atoms with Gasteiger partial charge in [-0.1, -0.05) is 6.07 Å². The molecule has 3 rings (SSSR count). The first-order chi connectivity index (χ1) is 8.78. The Morgan fingerprint density at radius 3 is 3.17 bits per heavy atom. The number of hydrogen-bond donors (Lipinski definition) is 2. The van der Waals surface area contributed by atoms with Gasteiger partial charge in [0, 0.05) is 43.4 Å². The van der Waals surface area contributed by atoms with Gasteiger partial charge in [-0.25, -0.2) is 0 Å². The smallest absolute Gasteiger partial charge is 0.253 e. The summed E-state index contributed by atoms with van der Waals surface area (Å²) in [5.41, 5.74) is 3.14. The largest absolute Gasteiger partial charge is 0.396 e. The Labute approximate surface area is 107 Å². The lowest BCUT2D eigenvalue weighted by Crippen LogP contribution is -2.29. The minimum absolute atomic E-state index is 0.0856. The zero-order chi connectivity index (χ0) is 12.5. The number of nitrogens with zero attached hydrogens (tertiary/aromatic N) is 1. The van der Waals surface area contributed by atoms with Crippen LogP contribution in [0.5, 0.6) is 0 Å². The van der Waals surface area contributed by atoms with Gasteiger partial charge in [-0.05, 0) is 30.5 Å². The number of aliphatic hydroxyl groups excluding tert-OH is 1. The average molecular weight is 246 g/mol.